The van der Waals surface area contributed by atoms with Gasteiger partial charge in [-0.05, 0) is 78.6 Å². The third-order valence-corrected chi connectivity index (χ3v) is 11.2. The van der Waals surface area contributed by atoms with Crippen molar-refractivity contribution in [3.05, 3.63) is 208 Å². The molecule has 0 bridgehead atoms. The van der Waals surface area contributed by atoms with Crippen LogP contribution in [0.4, 0.5) is 0 Å². The maximum atomic E-state index is 6.82. The highest BCUT2D eigenvalue weighted by Gasteiger charge is 2.50. The summed E-state index contributed by atoms with van der Waals surface area (Å²) >= 11 is 0. The molecular weight excluding hydrogens is 637 g/mol. The first-order valence-corrected chi connectivity index (χ1v) is 18.1. The van der Waals surface area contributed by atoms with Crippen molar-refractivity contribution < 1.29 is 9.47 Å². The third-order valence-electron chi connectivity index (χ3n) is 11.2. The number of allylic oxidation sites excluding steroid dienone is 3. The summed E-state index contributed by atoms with van der Waals surface area (Å²) in [5.74, 6) is 3.43. The average Bonchev–Trinajstić information content (AvgIpc) is 3.56. The van der Waals surface area contributed by atoms with E-state index in [1.54, 1.807) is 0 Å². The van der Waals surface area contributed by atoms with E-state index in [4.69, 9.17) is 9.47 Å². The van der Waals surface area contributed by atoms with Gasteiger partial charge in [-0.25, -0.2) is 0 Å². The summed E-state index contributed by atoms with van der Waals surface area (Å²) in [5.41, 5.74) is 13.5. The van der Waals surface area contributed by atoms with Crippen LogP contribution >= 0.6 is 0 Å². The predicted molar refractivity (Wildman–Crippen MR) is 209 cm³/mol. The van der Waals surface area contributed by atoms with Crippen LogP contribution in [0.15, 0.2) is 164 Å². The molecule has 0 amide bonds. The Balaban J connectivity index is 1.17. The average molecular weight is 671 g/mol. The Kier molecular flexibility index (Phi) is 6.32. The minimum absolute atomic E-state index is 0.673. The molecule has 0 radical (unpaired) electrons. The van der Waals surface area contributed by atoms with Gasteiger partial charge in [0.25, 0.3) is 0 Å². The second-order valence-electron chi connectivity index (χ2n) is 13.9. The van der Waals surface area contributed by atoms with Crippen LogP contribution in [0.1, 0.15) is 51.1 Å². The molecule has 1 unspecified atom stereocenters. The Morgan fingerprint density at radius 2 is 1.29 bits per heavy atom. The maximum Gasteiger partial charge on any atom is 0.132 e. The quantitative estimate of drug-likeness (QED) is 0.203. The first kappa shape index (κ1) is 29.2. The number of rotatable bonds is 3. The van der Waals surface area contributed by atoms with Gasteiger partial charge in [-0.2, -0.15) is 0 Å². The molecule has 4 heterocycles. The van der Waals surface area contributed by atoms with Crippen molar-refractivity contribution in [1.82, 2.24) is 9.88 Å². The SMILES string of the molecule is C1=CCNC(c2ccc3c(c2)Oc2ccccc2C32c3ccccc3Oc3ccc(C4=CCCc5c4c4ccccc4n5-c4ccccc4)cc32)=C1. The van der Waals surface area contributed by atoms with Gasteiger partial charge in [0.15, 0.2) is 0 Å². The zero-order valence-corrected chi connectivity index (χ0v) is 28.5. The lowest BCUT2D eigenvalue weighted by atomic mass is 9.62. The number of ether oxygens (including phenoxy) is 2. The molecule has 0 saturated carbocycles. The fourth-order valence-electron chi connectivity index (χ4n) is 9.08. The smallest absolute Gasteiger partial charge is 0.132 e. The highest BCUT2D eigenvalue weighted by atomic mass is 16.5. The lowest BCUT2D eigenvalue weighted by Gasteiger charge is -2.45. The summed E-state index contributed by atoms with van der Waals surface area (Å²) < 4.78 is 16.1. The molecule has 52 heavy (non-hydrogen) atoms. The van der Waals surface area contributed by atoms with Gasteiger partial charge in [0.2, 0.25) is 0 Å². The van der Waals surface area contributed by atoms with E-state index in [-0.39, 0.29) is 0 Å². The predicted octanol–water partition coefficient (Wildman–Crippen LogP) is 11.1. The molecule has 6 aromatic carbocycles. The Bertz CT molecular complexity index is 2680. The van der Waals surface area contributed by atoms with Crippen molar-refractivity contribution in [2.75, 3.05) is 6.54 Å². The van der Waals surface area contributed by atoms with Crippen molar-refractivity contribution in [2.45, 2.75) is 18.3 Å². The van der Waals surface area contributed by atoms with Crippen LogP contribution in [-0.4, -0.2) is 11.1 Å². The van der Waals surface area contributed by atoms with E-state index < -0.39 is 5.41 Å². The minimum atomic E-state index is -0.673. The highest BCUT2D eigenvalue weighted by Crippen LogP contribution is 2.62. The van der Waals surface area contributed by atoms with Gasteiger partial charge >= 0.3 is 0 Å². The Morgan fingerprint density at radius 1 is 0.596 bits per heavy atom. The summed E-state index contributed by atoms with van der Waals surface area (Å²) in [6.45, 7) is 0.805. The van der Waals surface area contributed by atoms with Gasteiger partial charge in [0, 0.05) is 62.4 Å². The highest BCUT2D eigenvalue weighted by molar-refractivity contribution is 6.01. The number of para-hydroxylation sites is 4. The Hall–Kier alpha value is -6.52. The second kappa shape index (κ2) is 11.2. The van der Waals surface area contributed by atoms with Crippen LogP contribution in [0, 0.1) is 0 Å². The largest absolute Gasteiger partial charge is 0.457 e. The monoisotopic (exact) mass is 670 g/mol. The lowest BCUT2D eigenvalue weighted by molar-refractivity contribution is 0.399. The van der Waals surface area contributed by atoms with Crippen LogP contribution in [-0.2, 0) is 11.8 Å². The normalized spacial score (nSPS) is 17.7. The first-order valence-electron chi connectivity index (χ1n) is 18.1. The summed E-state index contributed by atoms with van der Waals surface area (Å²) in [7, 11) is 0. The first-order chi connectivity index (χ1) is 25.8. The van der Waals surface area contributed by atoms with Gasteiger partial charge in [-0.3, -0.25) is 0 Å². The molecule has 248 valence electrons. The van der Waals surface area contributed by atoms with E-state index in [0.29, 0.717) is 0 Å². The van der Waals surface area contributed by atoms with Gasteiger partial charge in [0.05, 0.1) is 10.9 Å². The van der Waals surface area contributed by atoms with Gasteiger partial charge in [-0.15, -0.1) is 0 Å². The minimum Gasteiger partial charge on any atom is -0.457 e. The third kappa shape index (κ3) is 4.09. The zero-order valence-electron chi connectivity index (χ0n) is 28.5. The number of aromatic nitrogens is 1. The number of nitrogens with one attached hydrogen (secondary N) is 1. The van der Waals surface area contributed by atoms with Crippen molar-refractivity contribution in [1.29, 1.82) is 0 Å². The van der Waals surface area contributed by atoms with Gasteiger partial charge < -0.3 is 19.4 Å². The van der Waals surface area contributed by atoms with Crippen LogP contribution in [0.2, 0.25) is 0 Å². The summed E-state index contributed by atoms with van der Waals surface area (Å²) in [5, 5.41) is 4.81. The lowest BCUT2D eigenvalue weighted by Crippen LogP contribution is -2.37. The zero-order chi connectivity index (χ0) is 34.2. The van der Waals surface area contributed by atoms with E-state index >= 15 is 0 Å². The standard InChI is InChI=1S/C48H34N2O2/c1-2-13-33(14-3-1)50-41-20-7-4-15-35(41)47-34(16-12-21-42(47)50)31-25-27-45-39(29-31)48(36-17-5-8-22-43(36)51-45)37-18-6-9-23-44(37)52-46-30-32(24-26-38(46)48)40-19-10-11-28-49-40/h1-11,13-20,22-27,29-30,49H,12,21,28H2. The number of nitrogens with zero attached hydrogens (tertiary/aromatic N) is 1. The molecule has 4 heteroatoms. The van der Waals surface area contributed by atoms with Gasteiger partial charge in [0.1, 0.15) is 23.0 Å². The van der Waals surface area contributed by atoms with E-state index in [1.165, 1.54) is 39.0 Å². The summed E-state index contributed by atoms with van der Waals surface area (Å²) in [4.78, 5) is 0. The number of dihydropyridines is 1. The molecule has 0 saturated heterocycles. The van der Waals surface area contributed by atoms with Crippen molar-refractivity contribution in [3.8, 4) is 28.7 Å². The number of fused-ring (bicyclic) bond motifs is 11. The van der Waals surface area contributed by atoms with Crippen molar-refractivity contribution in [2.24, 2.45) is 0 Å². The molecular formula is C48H34N2O2. The fourth-order valence-corrected chi connectivity index (χ4v) is 9.08. The number of benzene rings is 6. The fraction of sp³-hybridized carbons (Fsp3) is 0.0833. The molecule has 0 fully saturated rings. The molecule has 1 aliphatic carbocycles. The summed E-state index contributed by atoms with van der Waals surface area (Å²) in [6, 6.07) is 50.2. The second-order valence-corrected chi connectivity index (χ2v) is 13.9. The maximum absolute atomic E-state index is 6.82. The van der Waals surface area contributed by atoms with E-state index in [1.807, 2.05) is 0 Å². The van der Waals surface area contributed by atoms with Crippen LogP contribution in [0.5, 0.6) is 23.0 Å². The molecule has 4 nitrogen and oxygen atoms in total. The molecule has 3 aliphatic heterocycles. The summed E-state index contributed by atoms with van der Waals surface area (Å²) in [6.07, 6.45) is 10.8. The van der Waals surface area contributed by atoms with Crippen molar-refractivity contribution >= 4 is 22.2 Å². The molecule has 4 aliphatic rings. The molecule has 11 rings (SSSR count). The van der Waals surface area contributed by atoms with Crippen LogP contribution in [0.3, 0.4) is 0 Å². The topological polar surface area (TPSA) is 35.4 Å². The molecule has 1 spiro atoms. The molecule has 1 atom stereocenters. The number of hydrogen-bond donors (Lipinski definition) is 1. The van der Waals surface area contributed by atoms with E-state index in [9.17, 15) is 0 Å². The Labute approximate surface area is 302 Å². The Morgan fingerprint density at radius 3 is 2.10 bits per heavy atom. The van der Waals surface area contributed by atoms with Crippen LogP contribution in [0.25, 0.3) is 27.9 Å². The van der Waals surface area contributed by atoms with Crippen LogP contribution < -0.4 is 14.8 Å². The van der Waals surface area contributed by atoms with E-state index in [0.717, 1.165) is 75.9 Å². The molecule has 7 aromatic rings. The molecule has 1 N–H and O–H groups in total. The van der Waals surface area contributed by atoms with Crippen molar-refractivity contribution in [3.63, 3.8) is 0 Å². The van der Waals surface area contributed by atoms with E-state index in [2.05, 4.69) is 174 Å². The molecule has 1 aromatic heterocycles. The number of hydrogen-bond acceptors (Lipinski definition) is 3. The van der Waals surface area contributed by atoms with Gasteiger partial charge in [-0.1, -0.05) is 109 Å².